The largest absolute Gasteiger partial charge is 0.396 e. The van der Waals surface area contributed by atoms with Crippen LogP contribution in [0.1, 0.15) is 26.2 Å². The number of urea groups is 1. The SMILES string of the molecule is CCCCN(CCCO)C(=O)Nc1ccn(C)n1. The van der Waals surface area contributed by atoms with Crippen LogP contribution in [0.5, 0.6) is 0 Å². The topological polar surface area (TPSA) is 70.4 Å². The maximum atomic E-state index is 12.0. The first-order chi connectivity index (χ1) is 8.67. The van der Waals surface area contributed by atoms with Crippen molar-refractivity contribution >= 4 is 11.8 Å². The van der Waals surface area contributed by atoms with Gasteiger partial charge >= 0.3 is 6.03 Å². The van der Waals surface area contributed by atoms with Gasteiger partial charge in [0.2, 0.25) is 0 Å². The maximum Gasteiger partial charge on any atom is 0.323 e. The molecular formula is C12H22N4O2. The van der Waals surface area contributed by atoms with E-state index in [9.17, 15) is 4.79 Å². The van der Waals surface area contributed by atoms with Crippen LogP contribution >= 0.6 is 0 Å². The highest BCUT2D eigenvalue weighted by atomic mass is 16.3. The van der Waals surface area contributed by atoms with Gasteiger partial charge in [-0.25, -0.2) is 4.79 Å². The molecule has 0 unspecified atom stereocenters. The molecule has 0 saturated carbocycles. The molecule has 0 aromatic carbocycles. The third-order valence-corrected chi connectivity index (χ3v) is 2.60. The van der Waals surface area contributed by atoms with Gasteiger partial charge in [-0.2, -0.15) is 5.10 Å². The molecule has 2 amide bonds. The quantitative estimate of drug-likeness (QED) is 0.773. The van der Waals surface area contributed by atoms with E-state index in [0.29, 0.717) is 25.3 Å². The van der Waals surface area contributed by atoms with Crippen LogP contribution in [-0.4, -0.2) is 45.5 Å². The summed E-state index contributed by atoms with van der Waals surface area (Å²) in [4.78, 5) is 13.7. The Bertz CT molecular complexity index is 357. The van der Waals surface area contributed by atoms with Gasteiger partial charge in [0.05, 0.1) is 0 Å². The van der Waals surface area contributed by atoms with Crippen molar-refractivity contribution in [2.45, 2.75) is 26.2 Å². The number of nitrogens with one attached hydrogen (secondary N) is 1. The van der Waals surface area contributed by atoms with E-state index in [-0.39, 0.29) is 12.6 Å². The fraction of sp³-hybridized carbons (Fsp3) is 0.667. The lowest BCUT2D eigenvalue weighted by molar-refractivity contribution is 0.201. The molecule has 2 N–H and O–H groups in total. The zero-order valence-electron chi connectivity index (χ0n) is 11.1. The number of hydrogen-bond acceptors (Lipinski definition) is 3. The number of hydrogen-bond donors (Lipinski definition) is 2. The standard InChI is InChI=1S/C12H22N4O2/c1-3-4-7-16(8-5-10-17)12(18)13-11-6-9-15(2)14-11/h6,9,17H,3-5,7-8,10H2,1-2H3,(H,13,14,18). The number of unbranched alkanes of at least 4 members (excludes halogenated alkanes) is 1. The summed E-state index contributed by atoms with van der Waals surface area (Å²) < 4.78 is 1.64. The summed E-state index contributed by atoms with van der Waals surface area (Å²) in [7, 11) is 1.80. The molecule has 0 saturated heterocycles. The Balaban J connectivity index is 2.51. The Hall–Kier alpha value is -1.56. The van der Waals surface area contributed by atoms with Crippen LogP contribution in [0, 0.1) is 0 Å². The van der Waals surface area contributed by atoms with Crippen LogP contribution in [0.2, 0.25) is 0 Å². The Morgan fingerprint density at radius 3 is 2.78 bits per heavy atom. The molecule has 0 radical (unpaired) electrons. The maximum absolute atomic E-state index is 12.0. The first kappa shape index (κ1) is 14.5. The van der Waals surface area contributed by atoms with E-state index in [2.05, 4.69) is 17.3 Å². The highest BCUT2D eigenvalue weighted by Gasteiger charge is 2.13. The molecule has 1 heterocycles. The monoisotopic (exact) mass is 254 g/mol. The lowest BCUT2D eigenvalue weighted by Crippen LogP contribution is -2.37. The molecule has 0 bridgehead atoms. The smallest absolute Gasteiger partial charge is 0.323 e. The molecule has 1 rings (SSSR count). The summed E-state index contributed by atoms with van der Waals surface area (Å²) in [6, 6.07) is 1.60. The van der Waals surface area contributed by atoms with E-state index in [1.54, 1.807) is 28.9 Å². The molecule has 6 nitrogen and oxygen atoms in total. The first-order valence-corrected chi connectivity index (χ1v) is 6.33. The van der Waals surface area contributed by atoms with Gasteiger partial charge in [-0.1, -0.05) is 13.3 Å². The number of aliphatic hydroxyl groups is 1. The number of rotatable bonds is 7. The van der Waals surface area contributed by atoms with E-state index in [0.717, 1.165) is 12.8 Å². The highest BCUT2D eigenvalue weighted by Crippen LogP contribution is 2.05. The fourth-order valence-electron chi connectivity index (χ4n) is 1.60. The van der Waals surface area contributed by atoms with Crippen molar-refractivity contribution < 1.29 is 9.90 Å². The van der Waals surface area contributed by atoms with E-state index in [1.807, 2.05) is 0 Å². The van der Waals surface area contributed by atoms with E-state index in [4.69, 9.17) is 5.11 Å². The van der Waals surface area contributed by atoms with Crippen molar-refractivity contribution in [3.63, 3.8) is 0 Å². The van der Waals surface area contributed by atoms with Crippen molar-refractivity contribution in [3.8, 4) is 0 Å². The summed E-state index contributed by atoms with van der Waals surface area (Å²) in [6.45, 7) is 3.45. The van der Waals surface area contributed by atoms with Crippen LogP contribution in [0.3, 0.4) is 0 Å². The molecule has 1 aromatic heterocycles. The molecule has 0 aliphatic rings. The average molecular weight is 254 g/mol. The predicted molar refractivity (Wildman–Crippen MR) is 70.4 cm³/mol. The number of aryl methyl sites for hydroxylation is 1. The highest BCUT2D eigenvalue weighted by molar-refractivity contribution is 5.88. The van der Waals surface area contributed by atoms with Crippen LogP contribution < -0.4 is 5.32 Å². The van der Waals surface area contributed by atoms with Crippen LogP contribution in [0.4, 0.5) is 10.6 Å². The zero-order valence-corrected chi connectivity index (χ0v) is 11.1. The first-order valence-electron chi connectivity index (χ1n) is 6.33. The van der Waals surface area contributed by atoms with Crippen molar-refractivity contribution in [1.29, 1.82) is 0 Å². The third kappa shape index (κ3) is 4.75. The summed E-state index contributed by atoms with van der Waals surface area (Å²) in [5.41, 5.74) is 0. The Labute approximate surface area is 108 Å². The fourth-order valence-corrected chi connectivity index (χ4v) is 1.60. The van der Waals surface area contributed by atoms with Gasteiger partial charge in [0.25, 0.3) is 0 Å². The second kappa shape index (κ2) is 7.71. The molecule has 0 aliphatic carbocycles. The molecule has 0 atom stereocenters. The molecule has 1 aromatic rings. The average Bonchev–Trinajstić information content (AvgIpc) is 2.75. The lowest BCUT2D eigenvalue weighted by Gasteiger charge is -2.21. The minimum Gasteiger partial charge on any atom is -0.396 e. The van der Waals surface area contributed by atoms with E-state index in [1.165, 1.54) is 0 Å². The minimum absolute atomic E-state index is 0.0967. The molecule has 0 fully saturated rings. The van der Waals surface area contributed by atoms with Crippen LogP contribution in [0.25, 0.3) is 0 Å². The number of aliphatic hydroxyl groups excluding tert-OH is 1. The number of anilines is 1. The van der Waals surface area contributed by atoms with Crippen molar-refractivity contribution in [2.24, 2.45) is 7.05 Å². The summed E-state index contributed by atoms with van der Waals surface area (Å²) in [5.74, 6) is 0.549. The van der Waals surface area contributed by atoms with Gasteiger partial charge in [-0.05, 0) is 12.8 Å². The number of carbonyl (C=O) groups excluding carboxylic acids is 1. The minimum atomic E-state index is -0.157. The van der Waals surface area contributed by atoms with Gasteiger partial charge in [-0.15, -0.1) is 0 Å². The summed E-state index contributed by atoms with van der Waals surface area (Å²) in [6.07, 6.45) is 4.37. The Morgan fingerprint density at radius 1 is 1.50 bits per heavy atom. The molecule has 102 valence electrons. The van der Waals surface area contributed by atoms with Crippen molar-refractivity contribution in [1.82, 2.24) is 14.7 Å². The van der Waals surface area contributed by atoms with Crippen LogP contribution in [-0.2, 0) is 7.05 Å². The molecule has 0 aliphatic heterocycles. The normalized spacial score (nSPS) is 10.4. The van der Waals surface area contributed by atoms with E-state index < -0.39 is 0 Å². The number of amides is 2. The number of aromatic nitrogens is 2. The summed E-state index contributed by atoms with van der Waals surface area (Å²) >= 11 is 0. The third-order valence-electron chi connectivity index (χ3n) is 2.60. The molecule has 6 heteroatoms. The summed E-state index contributed by atoms with van der Waals surface area (Å²) in [5, 5.41) is 15.7. The Morgan fingerprint density at radius 2 is 2.22 bits per heavy atom. The van der Waals surface area contributed by atoms with Crippen molar-refractivity contribution in [3.05, 3.63) is 12.3 Å². The number of nitrogens with zero attached hydrogens (tertiary/aromatic N) is 3. The molecule has 18 heavy (non-hydrogen) atoms. The van der Waals surface area contributed by atoms with Crippen molar-refractivity contribution in [2.75, 3.05) is 25.0 Å². The molecule has 0 spiro atoms. The number of carbonyl (C=O) groups is 1. The lowest BCUT2D eigenvalue weighted by atomic mass is 10.3. The molecular weight excluding hydrogens is 232 g/mol. The Kier molecular flexibility index (Phi) is 6.21. The predicted octanol–water partition coefficient (Wildman–Crippen LogP) is 1.44. The van der Waals surface area contributed by atoms with E-state index >= 15 is 0 Å². The van der Waals surface area contributed by atoms with Gasteiger partial charge in [0, 0.05) is 39.0 Å². The van der Waals surface area contributed by atoms with Gasteiger partial charge in [0.15, 0.2) is 5.82 Å². The van der Waals surface area contributed by atoms with Gasteiger partial charge < -0.3 is 10.0 Å². The second-order valence-electron chi connectivity index (χ2n) is 4.22. The van der Waals surface area contributed by atoms with Gasteiger partial charge in [0.1, 0.15) is 0 Å². The van der Waals surface area contributed by atoms with Crippen LogP contribution in [0.15, 0.2) is 12.3 Å². The zero-order chi connectivity index (χ0) is 13.4. The second-order valence-corrected chi connectivity index (χ2v) is 4.22. The van der Waals surface area contributed by atoms with Gasteiger partial charge in [-0.3, -0.25) is 10.00 Å².